The molecule has 0 aliphatic heterocycles. The Bertz CT molecular complexity index is 469. The Kier molecular flexibility index (Phi) is 11.2. The van der Waals surface area contributed by atoms with Gasteiger partial charge in [-0.2, -0.15) is 0 Å². The molecule has 0 radical (unpaired) electrons. The maximum absolute atomic E-state index is 11.9. The van der Waals surface area contributed by atoms with Crippen molar-refractivity contribution in [2.24, 2.45) is 5.92 Å². The third-order valence-electron chi connectivity index (χ3n) is 4.02. The first-order chi connectivity index (χ1) is 12.0. The molecule has 4 nitrogen and oxygen atoms in total. The number of ether oxygens (including phenoxy) is 2. The lowest BCUT2D eigenvalue weighted by Gasteiger charge is -2.09. The number of hydrogen-bond acceptors (Lipinski definition) is 3. The highest BCUT2D eigenvalue weighted by molar-refractivity contribution is 5.90. The smallest absolute Gasteiger partial charge is 0.224 e. The highest BCUT2D eigenvalue weighted by Gasteiger charge is 2.04. The van der Waals surface area contributed by atoms with E-state index < -0.39 is 0 Å². The number of hydrogen-bond donors (Lipinski definition) is 1. The van der Waals surface area contributed by atoms with Gasteiger partial charge in [-0.3, -0.25) is 4.79 Å². The monoisotopic (exact) mass is 349 g/mol. The van der Waals surface area contributed by atoms with E-state index in [9.17, 15) is 4.79 Å². The number of rotatable bonds is 13. The molecule has 0 saturated heterocycles. The average Bonchev–Trinajstić information content (AvgIpc) is 2.56. The van der Waals surface area contributed by atoms with Crippen LogP contribution < -0.4 is 5.32 Å². The van der Waals surface area contributed by atoms with Gasteiger partial charge in [-0.1, -0.05) is 39.8 Å². The molecule has 1 amide bonds. The zero-order valence-electron chi connectivity index (χ0n) is 16.3. The largest absolute Gasteiger partial charge is 0.379 e. The topological polar surface area (TPSA) is 47.6 Å². The van der Waals surface area contributed by atoms with Crippen LogP contribution in [-0.2, 0) is 14.3 Å². The Balaban J connectivity index is 2.00. The molecule has 1 N–H and O–H groups in total. The van der Waals surface area contributed by atoms with Crippen LogP contribution in [0.2, 0.25) is 0 Å². The number of carbonyl (C=O) groups is 1. The molecule has 1 rings (SSSR count). The molecule has 0 bridgehead atoms. The van der Waals surface area contributed by atoms with Gasteiger partial charge in [-0.05, 0) is 48.8 Å². The second-order valence-electron chi connectivity index (χ2n) is 7.19. The minimum Gasteiger partial charge on any atom is -0.379 e. The van der Waals surface area contributed by atoms with Crippen molar-refractivity contribution in [1.82, 2.24) is 0 Å². The third kappa shape index (κ3) is 11.0. The first kappa shape index (κ1) is 21.7. The molecule has 0 unspecified atom stereocenters. The van der Waals surface area contributed by atoms with E-state index in [0.29, 0.717) is 38.1 Å². The van der Waals surface area contributed by atoms with E-state index in [2.05, 4.69) is 45.1 Å². The van der Waals surface area contributed by atoms with Crippen molar-refractivity contribution in [3.8, 4) is 0 Å². The zero-order valence-corrected chi connectivity index (χ0v) is 16.3. The predicted octanol–water partition coefficient (Wildman–Crippen LogP) is 5.00. The molecule has 25 heavy (non-hydrogen) atoms. The Morgan fingerprint density at radius 2 is 1.56 bits per heavy atom. The summed E-state index contributed by atoms with van der Waals surface area (Å²) < 4.78 is 11.0. The minimum absolute atomic E-state index is 0.0642. The van der Waals surface area contributed by atoms with Crippen molar-refractivity contribution in [3.63, 3.8) is 0 Å². The minimum atomic E-state index is 0.0642. The molecule has 0 spiro atoms. The number of anilines is 1. The van der Waals surface area contributed by atoms with E-state index in [-0.39, 0.29) is 5.91 Å². The van der Waals surface area contributed by atoms with Gasteiger partial charge >= 0.3 is 0 Å². The summed E-state index contributed by atoms with van der Waals surface area (Å²) in [4.78, 5) is 11.9. The average molecular weight is 350 g/mol. The van der Waals surface area contributed by atoms with Gasteiger partial charge in [0.2, 0.25) is 5.91 Å². The SMILES string of the molecule is CC(C)CCOCCOCCCCC(=O)Nc1ccc(C(C)C)cc1. The van der Waals surface area contributed by atoms with Crippen LogP contribution in [0.4, 0.5) is 5.69 Å². The van der Waals surface area contributed by atoms with Crippen LogP contribution in [0.15, 0.2) is 24.3 Å². The fraction of sp³-hybridized carbons (Fsp3) is 0.667. The Labute approximate surface area is 153 Å². The fourth-order valence-corrected chi connectivity index (χ4v) is 2.31. The predicted molar refractivity (Wildman–Crippen MR) is 104 cm³/mol. The standard InChI is InChI=1S/C21H35NO3/c1-17(2)12-14-25-16-15-24-13-6-5-7-21(23)22-20-10-8-19(9-11-20)18(3)4/h8-11,17-18H,5-7,12-16H2,1-4H3,(H,22,23). The molecule has 0 aromatic heterocycles. The van der Waals surface area contributed by atoms with Crippen LogP contribution in [-0.4, -0.2) is 32.3 Å². The molecule has 0 aliphatic rings. The molecule has 4 heteroatoms. The number of amides is 1. The van der Waals surface area contributed by atoms with Gasteiger partial charge in [0.15, 0.2) is 0 Å². The summed E-state index contributed by atoms with van der Waals surface area (Å²) >= 11 is 0. The van der Waals surface area contributed by atoms with Crippen LogP contribution in [0, 0.1) is 5.92 Å². The van der Waals surface area contributed by atoms with E-state index in [1.807, 2.05) is 12.1 Å². The summed E-state index contributed by atoms with van der Waals surface area (Å²) in [6.45, 7) is 11.5. The molecule has 1 aromatic rings. The lowest BCUT2D eigenvalue weighted by molar-refractivity contribution is -0.116. The zero-order chi connectivity index (χ0) is 18.5. The van der Waals surface area contributed by atoms with Gasteiger partial charge in [-0.25, -0.2) is 0 Å². The van der Waals surface area contributed by atoms with Gasteiger partial charge < -0.3 is 14.8 Å². The quantitative estimate of drug-likeness (QED) is 0.510. The molecule has 0 atom stereocenters. The Morgan fingerprint density at radius 1 is 0.920 bits per heavy atom. The second-order valence-corrected chi connectivity index (χ2v) is 7.19. The molecular formula is C21H35NO3. The van der Waals surface area contributed by atoms with Crippen LogP contribution >= 0.6 is 0 Å². The maximum atomic E-state index is 11.9. The lowest BCUT2D eigenvalue weighted by atomic mass is 10.0. The highest BCUT2D eigenvalue weighted by Crippen LogP contribution is 2.17. The fourth-order valence-electron chi connectivity index (χ4n) is 2.31. The normalized spacial score (nSPS) is 11.3. The summed E-state index contributed by atoms with van der Waals surface area (Å²) in [6, 6.07) is 8.07. The molecule has 0 saturated carbocycles. The van der Waals surface area contributed by atoms with Crippen molar-refractivity contribution in [1.29, 1.82) is 0 Å². The van der Waals surface area contributed by atoms with Gasteiger partial charge in [-0.15, -0.1) is 0 Å². The van der Waals surface area contributed by atoms with E-state index in [1.165, 1.54) is 5.56 Å². The van der Waals surface area contributed by atoms with E-state index in [0.717, 1.165) is 31.6 Å². The Hall–Kier alpha value is -1.39. The van der Waals surface area contributed by atoms with Gasteiger partial charge in [0.05, 0.1) is 13.2 Å². The van der Waals surface area contributed by atoms with Crippen molar-refractivity contribution in [3.05, 3.63) is 29.8 Å². The number of unbranched alkanes of at least 4 members (excludes halogenated alkanes) is 1. The number of carbonyl (C=O) groups excluding carboxylic acids is 1. The summed E-state index contributed by atoms with van der Waals surface area (Å²) in [7, 11) is 0. The summed E-state index contributed by atoms with van der Waals surface area (Å²) in [6.07, 6.45) is 3.35. The number of benzene rings is 1. The summed E-state index contributed by atoms with van der Waals surface area (Å²) in [5.41, 5.74) is 2.15. The Morgan fingerprint density at radius 3 is 2.16 bits per heavy atom. The molecule has 142 valence electrons. The molecule has 0 aliphatic carbocycles. The molecule has 0 heterocycles. The first-order valence-corrected chi connectivity index (χ1v) is 9.54. The van der Waals surface area contributed by atoms with E-state index >= 15 is 0 Å². The molecule has 1 aromatic carbocycles. The van der Waals surface area contributed by atoms with Crippen molar-refractivity contribution in [2.45, 2.75) is 59.3 Å². The van der Waals surface area contributed by atoms with Crippen LogP contribution in [0.5, 0.6) is 0 Å². The van der Waals surface area contributed by atoms with Crippen LogP contribution in [0.25, 0.3) is 0 Å². The van der Waals surface area contributed by atoms with Crippen molar-refractivity contribution >= 4 is 11.6 Å². The van der Waals surface area contributed by atoms with Gasteiger partial charge in [0.25, 0.3) is 0 Å². The lowest BCUT2D eigenvalue weighted by Crippen LogP contribution is -2.12. The van der Waals surface area contributed by atoms with Gasteiger partial charge in [0.1, 0.15) is 0 Å². The second kappa shape index (κ2) is 12.9. The third-order valence-corrected chi connectivity index (χ3v) is 4.02. The number of nitrogens with one attached hydrogen (secondary N) is 1. The van der Waals surface area contributed by atoms with Crippen molar-refractivity contribution < 1.29 is 14.3 Å². The highest BCUT2D eigenvalue weighted by atomic mass is 16.5. The van der Waals surface area contributed by atoms with E-state index in [4.69, 9.17) is 9.47 Å². The van der Waals surface area contributed by atoms with Crippen LogP contribution in [0.1, 0.15) is 64.9 Å². The van der Waals surface area contributed by atoms with Crippen molar-refractivity contribution in [2.75, 3.05) is 31.7 Å². The molecule has 0 fully saturated rings. The summed E-state index contributed by atoms with van der Waals surface area (Å²) in [5.74, 6) is 1.25. The van der Waals surface area contributed by atoms with E-state index in [1.54, 1.807) is 0 Å². The molecular weight excluding hydrogens is 314 g/mol. The first-order valence-electron chi connectivity index (χ1n) is 9.54. The summed E-state index contributed by atoms with van der Waals surface area (Å²) in [5, 5.41) is 2.94. The van der Waals surface area contributed by atoms with Gasteiger partial charge in [0, 0.05) is 25.3 Å². The maximum Gasteiger partial charge on any atom is 0.224 e. The van der Waals surface area contributed by atoms with Crippen LogP contribution in [0.3, 0.4) is 0 Å².